The molecule has 9 heteroatoms. The molecule has 0 spiro atoms. The number of hydroxylamine groups is 1. The number of carbonyl (C=O) groups excluding carboxylic acids is 2. The Bertz CT molecular complexity index is 1060. The first-order valence-corrected chi connectivity index (χ1v) is 14.0. The quantitative estimate of drug-likeness (QED) is 0.106. The summed E-state index contributed by atoms with van der Waals surface area (Å²) in [5.41, 5.74) is 5.44. The number of carbonyl (C=O) groups is 2. The van der Waals surface area contributed by atoms with Gasteiger partial charge in [0.25, 0.3) is 0 Å². The molecule has 1 aliphatic heterocycles. The third kappa shape index (κ3) is 10.5. The van der Waals surface area contributed by atoms with Gasteiger partial charge in [0, 0.05) is 44.5 Å². The highest BCUT2D eigenvalue weighted by atomic mass is 16.7. The van der Waals surface area contributed by atoms with Crippen molar-refractivity contribution in [1.82, 2.24) is 15.7 Å². The average Bonchev–Trinajstić information content (AvgIpc) is 2.98. The maximum atomic E-state index is 12.2. The van der Waals surface area contributed by atoms with Crippen molar-refractivity contribution < 1.29 is 29.4 Å². The Labute approximate surface area is 237 Å². The van der Waals surface area contributed by atoms with Crippen LogP contribution in [-0.2, 0) is 32.2 Å². The van der Waals surface area contributed by atoms with Crippen molar-refractivity contribution in [3.05, 3.63) is 83.4 Å². The van der Waals surface area contributed by atoms with Crippen molar-refractivity contribution in [1.29, 1.82) is 0 Å². The molecule has 1 saturated heterocycles. The number of benzene rings is 2. The first-order valence-electron chi connectivity index (χ1n) is 14.0. The van der Waals surface area contributed by atoms with E-state index in [0.29, 0.717) is 25.8 Å². The molecule has 0 bridgehead atoms. The summed E-state index contributed by atoms with van der Waals surface area (Å²) in [6.45, 7) is 5.80. The number of nitrogens with zero attached hydrogens (tertiary/aromatic N) is 1. The van der Waals surface area contributed by atoms with Gasteiger partial charge in [0.2, 0.25) is 11.8 Å². The van der Waals surface area contributed by atoms with E-state index < -0.39 is 6.29 Å². The van der Waals surface area contributed by atoms with Gasteiger partial charge in [-0.3, -0.25) is 14.8 Å². The fraction of sp³-hybridized carbons (Fsp3) is 0.484. The zero-order valence-corrected chi connectivity index (χ0v) is 23.4. The van der Waals surface area contributed by atoms with Gasteiger partial charge < -0.3 is 24.8 Å². The lowest BCUT2D eigenvalue weighted by Crippen LogP contribution is -2.37. The smallest absolute Gasteiger partial charge is 0.243 e. The molecular weight excluding hydrogens is 510 g/mol. The molecule has 1 fully saturated rings. The lowest BCUT2D eigenvalue weighted by Gasteiger charge is -2.37. The maximum absolute atomic E-state index is 12.2. The van der Waals surface area contributed by atoms with E-state index in [4.69, 9.17) is 14.7 Å². The molecule has 0 saturated carbocycles. The number of aliphatic hydroxyl groups excluding tert-OH is 1. The van der Waals surface area contributed by atoms with Gasteiger partial charge >= 0.3 is 0 Å². The van der Waals surface area contributed by atoms with Crippen molar-refractivity contribution in [3.8, 4) is 0 Å². The van der Waals surface area contributed by atoms with Crippen LogP contribution < -0.4 is 10.8 Å². The number of nitrogens with one attached hydrogen (secondary N) is 2. The Kier molecular flexibility index (Phi) is 13.3. The van der Waals surface area contributed by atoms with Gasteiger partial charge in [-0.1, -0.05) is 67.4 Å². The zero-order valence-electron chi connectivity index (χ0n) is 23.4. The van der Waals surface area contributed by atoms with Crippen LogP contribution in [0.1, 0.15) is 79.6 Å². The van der Waals surface area contributed by atoms with Gasteiger partial charge in [-0.05, 0) is 36.6 Å². The van der Waals surface area contributed by atoms with Crippen LogP contribution in [0, 0.1) is 0 Å². The summed E-state index contributed by atoms with van der Waals surface area (Å²) in [7, 11) is 2.04. The highest BCUT2D eigenvalue weighted by Crippen LogP contribution is 2.38. The zero-order chi connectivity index (χ0) is 28.7. The fourth-order valence-electron chi connectivity index (χ4n) is 4.74. The van der Waals surface area contributed by atoms with E-state index >= 15 is 0 Å². The van der Waals surface area contributed by atoms with Crippen LogP contribution in [-0.4, -0.2) is 53.3 Å². The minimum Gasteiger partial charge on any atom is -0.392 e. The first kappa shape index (κ1) is 31.4. The molecule has 3 atom stereocenters. The monoisotopic (exact) mass is 553 g/mol. The van der Waals surface area contributed by atoms with Crippen LogP contribution in [0.25, 0.3) is 0 Å². The van der Waals surface area contributed by atoms with Crippen LogP contribution in [0.2, 0.25) is 0 Å². The first-order chi connectivity index (χ1) is 19.4. The molecule has 0 aliphatic carbocycles. The van der Waals surface area contributed by atoms with Crippen LogP contribution in [0.4, 0.5) is 0 Å². The summed E-state index contributed by atoms with van der Waals surface area (Å²) >= 11 is 0. The summed E-state index contributed by atoms with van der Waals surface area (Å²) in [6.07, 6.45) is 5.79. The third-order valence-electron chi connectivity index (χ3n) is 6.99. The second-order valence-electron chi connectivity index (χ2n) is 10.3. The molecular formula is C31H43N3O6. The largest absolute Gasteiger partial charge is 0.392 e. The second-order valence-corrected chi connectivity index (χ2v) is 10.3. The number of hydrogen-bond acceptors (Lipinski definition) is 7. The Morgan fingerprint density at radius 1 is 0.950 bits per heavy atom. The van der Waals surface area contributed by atoms with E-state index in [2.05, 4.69) is 16.8 Å². The van der Waals surface area contributed by atoms with Crippen LogP contribution in [0.3, 0.4) is 0 Å². The molecule has 9 nitrogen and oxygen atoms in total. The second kappa shape index (κ2) is 16.9. The average molecular weight is 554 g/mol. The van der Waals surface area contributed by atoms with Crippen molar-refractivity contribution >= 4 is 11.8 Å². The normalized spacial score (nSPS) is 18.9. The molecule has 40 heavy (non-hydrogen) atoms. The Morgan fingerprint density at radius 2 is 1.57 bits per heavy atom. The van der Waals surface area contributed by atoms with Gasteiger partial charge in [-0.2, -0.15) is 0 Å². The Hall–Kier alpha value is -3.08. The van der Waals surface area contributed by atoms with Gasteiger partial charge in [0.1, 0.15) is 0 Å². The van der Waals surface area contributed by atoms with Gasteiger partial charge in [-0.25, -0.2) is 5.48 Å². The van der Waals surface area contributed by atoms with Gasteiger partial charge in [0.05, 0.1) is 18.8 Å². The summed E-state index contributed by atoms with van der Waals surface area (Å²) in [6, 6.07) is 15.8. The summed E-state index contributed by atoms with van der Waals surface area (Å²) in [5, 5.41) is 20.9. The van der Waals surface area contributed by atoms with E-state index in [1.165, 1.54) is 0 Å². The minimum atomic E-state index is -0.523. The molecule has 0 radical (unpaired) electrons. The Balaban J connectivity index is 1.53. The predicted octanol–water partition coefficient (Wildman–Crippen LogP) is 4.30. The predicted molar refractivity (Wildman–Crippen MR) is 152 cm³/mol. The number of amides is 2. The number of rotatable bonds is 16. The van der Waals surface area contributed by atoms with E-state index in [0.717, 1.165) is 61.0 Å². The van der Waals surface area contributed by atoms with Crippen LogP contribution in [0.5, 0.6) is 0 Å². The molecule has 218 valence electrons. The SMILES string of the molecule is C=CCN(C)CC1CC(c2ccc(CO)cc2)OC(c2ccc(CNC(=O)CCCCCCC(=O)NO)cc2)O1. The lowest BCUT2D eigenvalue weighted by atomic mass is 9.99. The number of ether oxygens (including phenoxy) is 2. The van der Waals surface area contributed by atoms with Crippen LogP contribution in [0.15, 0.2) is 61.2 Å². The van der Waals surface area contributed by atoms with Crippen molar-refractivity contribution in [2.24, 2.45) is 0 Å². The molecule has 2 aromatic rings. The van der Waals surface area contributed by atoms with Gasteiger partial charge in [-0.15, -0.1) is 6.58 Å². The molecule has 3 unspecified atom stereocenters. The number of unbranched alkanes of at least 4 members (excludes halogenated alkanes) is 3. The molecule has 1 heterocycles. The lowest BCUT2D eigenvalue weighted by molar-refractivity contribution is -0.252. The topological polar surface area (TPSA) is 120 Å². The van der Waals surface area contributed by atoms with E-state index in [-0.39, 0.29) is 30.6 Å². The molecule has 3 rings (SSSR count). The summed E-state index contributed by atoms with van der Waals surface area (Å²) in [4.78, 5) is 25.4. The van der Waals surface area contributed by atoms with E-state index in [1.807, 2.05) is 61.7 Å². The highest BCUT2D eigenvalue weighted by molar-refractivity contribution is 5.75. The minimum absolute atomic E-state index is 0.00216. The molecule has 2 amide bonds. The Morgan fingerprint density at radius 3 is 2.20 bits per heavy atom. The van der Waals surface area contributed by atoms with Crippen molar-refractivity contribution in [2.75, 3.05) is 20.1 Å². The maximum Gasteiger partial charge on any atom is 0.243 e. The summed E-state index contributed by atoms with van der Waals surface area (Å²) in [5.74, 6) is -0.382. The van der Waals surface area contributed by atoms with Gasteiger partial charge in [0.15, 0.2) is 6.29 Å². The fourth-order valence-corrected chi connectivity index (χ4v) is 4.74. The van der Waals surface area contributed by atoms with Crippen molar-refractivity contribution in [2.45, 2.75) is 76.6 Å². The molecule has 0 aromatic heterocycles. The number of hydrogen-bond donors (Lipinski definition) is 4. The standard InChI is InChI=1S/C31H43N3O6/c1-3-18-34(2)21-27-19-28(25-14-12-24(22-35)13-15-25)40-31(39-27)26-16-10-23(11-17-26)20-32-29(36)8-6-4-5-7-9-30(37)33-38/h3,10-17,27-28,31,35,38H,1,4-9,18-22H2,2H3,(H,32,36)(H,33,37). The van der Waals surface area contributed by atoms with E-state index in [9.17, 15) is 14.7 Å². The number of aliphatic hydroxyl groups is 1. The number of likely N-dealkylation sites (N-methyl/N-ethyl adjacent to an activating group) is 1. The summed E-state index contributed by atoms with van der Waals surface area (Å²) < 4.78 is 12.8. The molecule has 2 aromatic carbocycles. The third-order valence-corrected chi connectivity index (χ3v) is 6.99. The highest BCUT2D eigenvalue weighted by Gasteiger charge is 2.32. The van der Waals surface area contributed by atoms with Crippen LogP contribution >= 0.6 is 0 Å². The molecule has 4 N–H and O–H groups in total. The van der Waals surface area contributed by atoms with E-state index in [1.54, 1.807) is 5.48 Å². The molecule has 1 aliphatic rings. The van der Waals surface area contributed by atoms with Crippen molar-refractivity contribution in [3.63, 3.8) is 0 Å².